The largest absolute Gasteiger partial charge is 0.450 e. The van der Waals surface area contributed by atoms with Gasteiger partial charge >= 0.3 is 0 Å². The molecule has 7 nitrogen and oxygen atoms in total. The molecule has 2 aliphatic heterocycles. The van der Waals surface area contributed by atoms with Gasteiger partial charge in [0, 0.05) is 17.1 Å². The van der Waals surface area contributed by atoms with Gasteiger partial charge in [-0.25, -0.2) is 4.98 Å². The number of aryl methyl sites for hydroxylation is 2. The van der Waals surface area contributed by atoms with Crippen molar-refractivity contribution in [1.82, 2.24) is 4.98 Å². The molecule has 2 amide bonds. The summed E-state index contributed by atoms with van der Waals surface area (Å²) in [5, 5.41) is 0.840. The molecular weight excluding hydrogens is 534 g/mol. The number of thiazole rings is 1. The van der Waals surface area contributed by atoms with E-state index in [2.05, 4.69) is 6.58 Å². The summed E-state index contributed by atoms with van der Waals surface area (Å²) >= 11 is 7.54. The second kappa shape index (κ2) is 8.11. The van der Waals surface area contributed by atoms with E-state index >= 15 is 0 Å². The van der Waals surface area contributed by atoms with Crippen LogP contribution in [0.15, 0.2) is 76.5 Å². The lowest BCUT2D eigenvalue weighted by atomic mass is 9.84. The molecule has 0 saturated carbocycles. The number of halogens is 1. The van der Waals surface area contributed by atoms with Crippen LogP contribution in [0.4, 0.5) is 10.8 Å². The molecule has 1 atom stereocenters. The summed E-state index contributed by atoms with van der Waals surface area (Å²) in [6.07, 6.45) is 1.61. The molecule has 7 rings (SSSR count). The van der Waals surface area contributed by atoms with Gasteiger partial charge in [0.15, 0.2) is 16.1 Å². The fourth-order valence-corrected chi connectivity index (χ4v) is 7.27. The third-order valence-corrected chi connectivity index (χ3v) is 8.63. The fourth-order valence-electron chi connectivity index (χ4n) is 5.90. The van der Waals surface area contributed by atoms with Crippen molar-refractivity contribution in [3.8, 4) is 0 Å². The molecule has 9 heteroatoms. The first-order chi connectivity index (χ1) is 18.8. The number of carbonyl (C=O) groups excluding carboxylic acids is 2. The SMILES string of the molecule is C=CCN1C(=O)C2(c3ccccc31)c1c(oc3ccc(Cl)cc3c1=O)C(=O)N2c1nc2c(C)cc(C)cc2s1. The molecule has 1 spiro atoms. The Labute approximate surface area is 231 Å². The van der Waals surface area contributed by atoms with E-state index in [0.717, 1.165) is 21.3 Å². The first kappa shape index (κ1) is 23.8. The maximum atomic E-state index is 14.6. The average molecular weight is 554 g/mol. The van der Waals surface area contributed by atoms with Gasteiger partial charge in [0.2, 0.25) is 5.76 Å². The number of rotatable bonds is 3. The number of amides is 2. The molecule has 2 aromatic heterocycles. The van der Waals surface area contributed by atoms with Crippen molar-refractivity contribution >= 4 is 66.8 Å². The van der Waals surface area contributed by atoms with Crippen LogP contribution in [0.1, 0.15) is 32.8 Å². The first-order valence-corrected chi connectivity index (χ1v) is 13.5. The molecule has 0 saturated heterocycles. The van der Waals surface area contributed by atoms with Crippen molar-refractivity contribution in [2.24, 2.45) is 0 Å². The van der Waals surface area contributed by atoms with E-state index in [-0.39, 0.29) is 28.8 Å². The number of benzene rings is 3. The standard InChI is InChI=1S/C30H20ClN3O4S/c1-4-11-33-20-8-6-5-7-19(20)30(28(33)37)23-25(35)18-14-17(31)9-10-21(18)38-26(23)27(36)34(30)29-32-24-16(3)12-15(2)13-22(24)39-29/h4-10,12-14H,1,11H2,2-3H3. The van der Waals surface area contributed by atoms with Gasteiger partial charge in [-0.3, -0.25) is 19.3 Å². The van der Waals surface area contributed by atoms with Gasteiger partial charge in [0.25, 0.3) is 11.8 Å². The van der Waals surface area contributed by atoms with Gasteiger partial charge in [0.05, 0.1) is 26.9 Å². The molecule has 5 aromatic rings. The van der Waals surface area contributed by atoms with Gasteiger partial charge in [-0.2, -0.15) is 0 Å². The number of hydrogen-bond acceptors (Lipinski definition) is 6. The van der Waals surface area contributed by atoms with Crippen LogP contribution in [0.3, 0.4) is 0 Å². The Morgan fingerprint density at radius 3 is 2.69 bits per heavy atom. The minimum absolute atomic E-state index is 0.0292. The normalized spacial score (nSPS) is 18.0. The van der Waals surface area contributed by atoms with E-state index < -0.39 is 22.8 Å². The van der Waals surface area contributed by atoms with E-state index in [4.69, 9.17) is 21.0 Å². The summed E-state index contributed by atoms with van der Waals surface area (Å²) in [5.74, 6) is -1.22. The number of hydrogen-bond donors (Lipinski definition) is 0. The lowest BCUT2D eigenvalue weighted by Crippen LogP contribution is -2.53. The highest BCUT2D eigenvalue weighted by Crippen LogP contribution is 2.54. The highest BCUT2D eigenvalue weighted by atomic mass is 35.5. The third kappa shape index (κ3) is 2.98. The number of aromatic nitrogens is 1. The zero-order chi connectivity index (χ0) is 27.2. The van der Waals surface area contributed by atoms with Crippen molar-refractivity contribution in [1.29, 1.82) is 0 Å². The number of carbonyl (C=O) groups is 2. The summed E-state index contributed by atoms with van der Waals surface area (Å²) in [5.41, 5.74) is 1.73. The smallest absolute Gasteiger partial charge is 0.297 e. The van der Waals surface area contributed by atoms with Crippen molar-refractivity contribution in [3.63, 3.8) is 0 Å². The predicted octanol–water partition coefficient (Wildman–Crippen LogP) is 6.11. The van der Waals surface area contributed by atoms with Crippen LogP contribution in [0.5, 0.6) is 0 Å². The van der Waals surface area contributed by atoms with Crippen molar-refractivity contribution in [2.45, 2.75) is 19.4 Å². The monoisotopic (exact) mass is 553 g/mol. The Kier molecular flexibility index (Phi) is 4.96. The predicted molar refractivity (Wildman–Crippen MR) is 153 cm³/mol. The number of nitrogens with zero attached hydrogens (tertiary/aromatic N) is 3. The maximum absolute atomic E-state index is 14.6. The minimum atomic E-state index is -1.81. The van der Waals surface area contributed by atoms with Gasteiger partial charge in [-0.15, -0.1) is 6.58 Å². The van der Waals surface area contributed by atoms with E-state index in [9.17, 15) is 14.4 Å². The number of para-hydroxylation sites is 1. The Morgan fingerprint density at radius 2 is 1.90 bits per heavy atom. The zero-order valence-corrected chi connectivity index (χ0v) is 22.5. The lowest BCUT2D eigenvalue weighted by Gasteiger charge is -2.32. The van der Waals surface area contributed by atoms with Crippen molar-refractivity contribution < 1.29 is 14.0 Å². The summed E-state index contributed by atoms with van der Waals surface area (Å²) in [4.78, 5) is 50.9. The fraction of sp³-hybridized carbons (Fsp3) is 0.133. The summed E-state index contributed by atoms with van der Waals surface area (Å²) < 4.78 is 6.98. The van der Waals surface area contributed by atoms with Gasteiger partial charge in [-0.05, 0) is 55.3 Å². The average Bonchev–Trinajstić information content (AvgIpc) is 3.51. The molecular formula is C30H20ClN3O4S. The molecule has 39 heavy (non-hydrogen) atoms. The Bertz CT molecular complexity index is 1990. The maximum Gasteiger partial charge on any atom is 0.297 e. The number of anilines is 2. The molecule has 0 radical (unpaired) electrons. The summed E-state index contributed by atoms with van der Waals surface area (Å²) in [7, 11) is 0. The first-order valence-electron chi connectivity index (χ1n) is 12.3. The van der Waals surface area contributed by atoms with Crippen LogP contribution in [0, 0.1) is 13.8 Å². The van der Waals surface area contributed by atoms with Crippen molar-refractivity contribution in [3.05, 3.63) is 111 Å². The van der Waals surface area contributed by atoms with Crippen LogP contribution < -0.4 is 15.2 Å². The topological polar surface area (TPSA) is 83.7 Å². The molecule has 1 unspecified atom stereocenters. The van der Waals surface area contributed by atoms with E-state index in [1.165, 1.54) is 22.3 Å². The molecule has 0 aliphatic carbocycles. The van der Waals surface area contributed by atoms with Crippen LogP contribution in [0.25, 0.3) is 21.2 Å². The van der Waals surface area contributed by atoms with Crippen LogP contribution in [0.2, 0.25) is 5.02 Å². The second-order valence-electron chi connectivity index (χ2n) is 9.77. The summed E-state index contributed by atoms with van der Waals surface area (Å²) in [6, 6.07) is 15.8. The Morgan fingerprint density at radius 1 is 1.10 bits per heavy atom. The third-order valence-electron chi connectivity index (χ3n) is 7.41. The van der Waals surface area contributed by atoms with E-state index in [0.29, 0.717) is 21.4 Å². The van der Waals surface area contributed by atoms with Crippen molar-refractivity contribution in [2.75, 3.05) is 16.3 Å². The van der Waals surface area contributed by atoms with Crippen LogP contribution in [-0.2, 0) is 10.3 Å². The Hall–Kier alpha value is -4.27. The highest BCUT2D eigenvalue weighted by molar-refractivity contribution is 7.22. The zero-order valence-electron chi connectivity index (χ0n) is 20.9. The van der Waals surface area contributed by atoms with Gasteiger partial charge in [-0.1, -0.05) is 53.3 Å². The molecule has 2 aliphatic rings. The van der Waals surface area contributed by atoms with Gasteiger partial charge in [0.1, 0.15) is 5.58 Å². The quantitative estimate of drug-likeness (QED) is 0.252. The molecule has 4 heterocycles. The highest BCUT2D eigenvalue weighted by Gasteiger charge is 2.66. The second-order valence-corrected chi connectivity index (χ2v) is 11.2. The van der Waals surface area contributed by atoms with E-state index in [1.807, 2.05) is 32.0 Å². The van der Waals surface area contributed by atoms with E-state index in [1.54, 1.807) is 41.3 Å². The van der Waals surface area contributed by atoms with Crippen LogP contribution >= 0.6 is 22.9 Å². The molecule has 0 fully saturated rings. The minimum Gasteiger partial charge on any atom is -0.450 e. The lowest BCUT2D eigenvalue weighted by molar-refractivity contribution is -0.121. The molecule has 3 aromatic carbocycles. The number of fused-ring (bicyclic) bond motifs is 6. The van der Waals surface area contributed by atoms with Crippen LogP contribution in [-0.4, -0.2) is 23.3 Å². The molecule has 0 N–H and O–H groups in total. The molecule has 192 valence electrons. The van der Waals surface area contributed by atoms with Gasteiger partial charge < -0.3 is 9.32 Å². The molecule has 0 bridgehead atoms. The summed E-state index contributed by atoms with van der Waals surface area (Å²) in [6.45, 7) is 7.96. The Balaban J connectivity index is 1.63.